The van der Waals surface area contributed by atoms with Crippen LogP contribution in [-0.4, -0.2) is 25.2 Å². The van der Waals surface area contributed by atoms with Crippen molar-refractivity contribution in [1.82, 2.24) is 25.2 Å². The highest BCUT2D eigenvalue weighted by Gasteiger charge is 2.09. The molecule has 86 valence electrons. The number of aromatic nitrogens is 5. The lowest BCUT2D eigenvalue weighted by molar-refractivity contribution is 0.430. The average Bonchev–Trinajstić information content (AvgIpc) is 2.87. The molecule has 2 aromatic rings. The molecule has 0 saturated heterocycles. The number of nitrogens with zero attached hydrogens (tertiary/aromatic N) is 5. The number of halogens is 1. The Labute approximate surface area is 101 Å². The van der Waals surface area contributed by atoms with Crippen molar-refractivity contribution in [1.29, 1.82) is 0 Å². The van der Waals surface area contributed by atoms with Gasteiger partial charge in [0.1, 0.15) is 6.54 Å². The molecule has 0 saturated carbocycles. The second kappa shape index (κ2) is 4.73. The van der Waals surface area contributed by atoms with Crippen LogP contribution in [0.25, 0.3) is 0 Å². The van der Waals surface area contributed by atoms with Gasteiger partial charge in [-0.1, -0.05) is 28.1 Å². The molecule has 0 radical (unpaired) electrons. The fraction of sp³-hybridized carbons (Fsp3) is 0.556. The minimum Gasteiger partial charge on any atom is -0.423 e. The molecule has 0 aliphatic heterocycles. The van der Waals surface area contributed by atoms with E-state index in [0.29, 0.717) is 18.3 Å². The summed E-state index contributed by atoms with van der Waals surface area (Å²) in [6.07, 6.45) is 2.60. The van der Waals surface area contributed by atoms with E-state index in [1.165, 1.54) is 0 Å². The van der Waals surface area contributed by atoms with Crippen molar-refractivity contribution >= 4 is 15.9 Å². The standard InChI is InChI=1S/C9H12BrN5O/c1-3-8-12-13-9(16-8)5-15-4-7(6(2)10)11-14-15/h4,6H,3,5H2,1-2H3. The maximum Gasteiger partial charge on any atom is 0.237 e. The minimum atomic E-state index is 0.190. The van der Waals surface area contributed by atoms with Crippen molar-refractivity contribution in [3.8, 4) is 0 Å². The third-order valence-corrected chi connectivity index (χ3v) is 2.54. The topological polar surface area (TPSA) is 69.6 Å². The van der Waals surface area contributed by atoms with Crippen LogP contribution in [0.5, 0.6) is 0 Å². The van der Waals surface area contributed by atoms with E-state index in [9.17, 15) is 0 Å². The highest BCUT2D eigenvalue weighted by molar-refractivity contribution is 9.09. The Morgan fingerprint density at radius 2 is 2.12 bits per heavy atom. The van der Waals surface area contributed by atoms with Crippen LogP contribution < -0.4 is 0 Å². The highest BCUT2D eigenvalue weighted by atomic mass is 79.9. The first-order valence-electron chi connectivity index (χ1n) is 5.04. The lowest BCUT2D eigenvalue weighted by atomic mass is 10.4. The molecule has 0 bridgehead atoms. The van der Waals surface area contributed by atoms with Gasteiger partial charge in [-0.2, -0.15) is 0 Å². The third kappa shape index (κ3) is 2.46. The number of hydrogen-bond acceptors (Lipinski definition) is 5. The van der Waals surface area contributed by atoms with Gasteiger partial charge in [-0.15, -0.1) is 15.3 Å². The molecule has 2 heterocycles. The summed E-state index contributed by atoms with van der Waals surface area (Å²) in [5.41, 5.74) is 0.884. The number of rotatable bonds is 4. The summed E-state index contributed by atoms with van der Waals surface area (Å²) in [7, 11) is 0. The van der Waals surface area contributed by atoms with Crippen LogP contribution in [0.3, 0.4) is 0 Å². The first kappa shape index (κ1) is 11.3. The van der Waals surface area contributed by atoms with E-state index in [2.05, 4.69) is 36.4 Å². The van der Waals surface area contributed by atoms with Crippen molar-refractivity contribution in [3.63, 3.8) is 0 Å². The summed E-state index contributed by atoms with van der Waals surface area (Å²) in [5, 5.41) is 15.8. The minimum absolute atomic E-state index is 0.190. The van der Waals surface area contributed by atoms with Gasteiger partial charge in [0, 0.05) is 6.42 Å². The molecule has 0 aliphatic rings. The van der Waals surface area contributed by atoms with Gasteiger partial charge < -0.3 is 4.42 Å². The molecule has 2 aromatic heterocycles. The van der Waals surface area contributed by atoms with Crippen LogP contribution in [0.15, 0.2) is 10.6 Å². The molecule has 0 aromatic carbocycles. The Morgan fingerprint density at radius 1 is 1.38 bits per heavy atom. The molecular weight excluding hydrogens is 274 g/mol. The van der Waals surface area contributed by atoms with Crippen molar-refractivity contribution in [2.45, 2.75) is 31.6 Å². The molecule has 0 aliphatic carbocycles. The zero-order chi connectivity index (χ0) is 11.5. The quantitative estimate of drug-likeness (QED) is 0.800. The van der Waals surface area contributed by atoms with Gasteiger partial charge in [0.25, 0.3) is 0 Å². The summed E-state index contributed by atoms with van der Waals surface area (Å²) in [4.78, 5) is 0.190. The van der Waals surface area contributed by atoms with E-state index < -0.39 is 0 Å². The largest absolute Gasteiger partial charge is 0.423 e. The molecule has 7 heteroatoms. The fourth-order valence-electron chi connectivity index (χ4n) is 1.21. The number of alkyl halides is 1. The highest BCUT2D eigenvalue weighted by Crippen LogP contribution is 2.18. The van der Waals surface area contributed by atoms with E-state index in [0.717, 1.165) is 12.1 Å². The number of aryl methyl sites for hydroxylation is 1. The van der Waals surface area contributed by atoms with Gasteiger partial charge in [-0.3, -0.25) is 0 Å². The fourth-order valence-corrected chi connectivity index (χ4v) is 1.42. The first-order chi connectivity index (χ1) is 7.69. The normalized spacial score (nSPS) is 12.9. The van der Waals surface area contributed by atoms with E-state index in [4.69, 9.17) is 4.42 Å². The third-order valence-electron chi connectivity index (χ3n) is 2.07. The zero-order valence-electron chi connectivity index (χ0n) is 9.09. The van der Waals surface area contributed by atoms with E-state index in [1.807, 2.05) is 20.0 Å². The summed E-state index contributed by atoms with van der Waals surface area (Å²) < 4.78 is 7.06. The van der Waals surface area contributed by atoms with Gasteiger partial charge in [0.05, 0.1) is 16.7 Å². The Hall–Kier alpha value is -1.24. The zero-order valence-corrected chi connectivity index (χ0v) is 10.7. The molecule has 16 heavy (non-hydrogen) atoms. The molecule has 0 fully saturated rings. The summed E-state index contributed by atoms with van der Waals surface area (Å²) in [6, 6.07) is 0. The van der Waals surface area contributed by atoms with Crippen LogP contribution in [0, 0.1) is 0 Å². The monoisotopic (exact) mass is 285 g/mol. The van der Waals surface area contributed by atoms with Crippen molar-refractivity contribution in [2.24, 2.45) is 0 Å². The molecular formula is C9H12BrN5O. The Kier molecular flexibility index (Phi) is 3.33. The predicted molar refractivity (Wildman–Crippen MR) is 60.1 cm³/mol. The van der Waals surface area contributed by atoms with Gasteiger partial charge in [-0.05, 0) is 6.92 Å². The summed E-state index contributed by atoms with van der Waals surface area (Å²) >= 11 is 3.43. The summed E-state index contributed by atoms with van der Waals surface area (Å²) in [6.45, 7) is 4.42. The van der Waals surface area contributed by atoms with E-state index >= 15 is 0 Å². The van der Waals surface area contributed by atoms with Crippen LogP contribution in [0.4, 0.5) is 0 Å². The maximum absolute atomic E-state index is 5.38. The average molecular weight is 286 g/mol. The maximum atomic E-state index is 5.38. The Morgan fingerprint density at radius 3 is 2.69 bits per heavy atom. The van der Waals surface area contributed by atoms with Gasteiger partial charge in [-0.25, -0.2) is 4.68 Å². The van der Waals surface area contributed by atoms with Crippen LogP contribution in [0.1, 0.15) is 36.2 Å². The second-order valence-electron chi connectivity index (χ2n) is 3.40. The molecule has 0 spiro atoms. The van der Waals surface area contributed by atoms with Gasteiger partial charge in [0.15, 0.2) is 0 Å². The molecule has 1 unspecified atom stereocenters. The molecule has 6 nitrogen and oxygen atoms in total. The van der Waals surface area contributed by atoms with Gasteiger partial charge in [0.2, 0.25) is 11.8 Å². The Bertz CT molecular complexity index is 464. The van der Waals surface area contributed by atoms with E-state index in [-0.39, 0.29) is 4.83 Å². The second-order valence-corrected chi connectivity index (χ2v) is 4.77. The van der Waals surface area contributed by atoms with Crippen molar-refractivity contribution in [3.05, 3.63) is 23.7 Å². The predicted octanol–water partition coefficient (Wildman–Crippen LogP) is 1.73. The smallest absolute Gasteiger partial charge is 0.237 e. The van der Waals surface area contributed by atoms with Crippen molar-refractivity contribution in [2.75, 3.05) is 0 Å². The molecule has 0 amide bonds. The van der Waals surface area contributed by atoms with Crippen molar-refractivity contribution < 1.29 is 4.42 Å². The lowest BCUT2D eigenvalue weighted by Crippen LogP contribution is -2.00. The molecule has 2 rings (SSSR count). The van der Waals surface area contributed by atoms with Gasteiger partial charge >= 0.3 is 0 Å². The molecule has 0 N–H and O–H groups in total. The van der Waals surface area contributed by atoms with Crippen LogP contribution in [-0.2, 0) is 13.0 Å². The molecule has 1 atom stereocenters. The Balaban J connectivity index is 2.08. The van der Waals surface area contributed by atoms with Crippen LogP contribution in [0.2, 0.25) is 0 Å². The van der Waals surface area contributed by atoms with E-state index in [1.54, 1.807) is 4.68 Å². The van der Waals surface area contributed by atoms with Crippen LogP contribution >= 0.6 is 15.9 Å². The lowest BCUT2D eigenvalue weighted by Gasteiger charge is -1.94. The SMILES string of the molecule is CCc1nnc(Cn2cc(C(C)Br)nn2)o1. The number of hydrogen-bond donors (Lipinski definition) is 0. The summed E-state index contributed by atoms with van der Waals surface area (Å²) in [5.74, 6) is 1.19. The first-order valence-corrected chi connectivity index (χ1v) is 5.96.